The fourth-order valence-corrected chi connectivity index (χ4v) is 4.59. The third-order valence-corrected chi connectivity index (χ3v) is 5.49. The summed E-state index contributed by atoms with van der Waals surface area (Å²) >= 11 is 0. The normalized spacial score (nSPS) is 36.8. The molecule has 0 aromatic carbocycles. The van der Waals surface area contributed by atoms with Crippen LogP contribution in [0.2, 0.25) is 0 Å². The van der Waals surface area contributed by atoms with Crippen LogP contribution in [0.5, 0.6) is 0 Å². The molecule has 1 N–H and O–H groups in total. The quantitative estimate of drug-likeness (QED) is 0.659. The van der Waals surface area contributed by atoms with Gasteiger partial charge >= 0.3 is 0 Å². The Morgan fingerprint density at radius 1 is 1.22 bits per heavy atom. The molecule has 0 spiro atoms. The highest BCUT2D eigenvalue weighted by molar-refractivity contribution is 5.85. The summed E-state index contributed by atoms with van der Waals surface area (Å²) in [5.41, 5.74) is 2.89. The Labute approximate surface area is 113 Å². The Kier molecular flexibility index (Phi) is 3.71. The summed E-state index contributed by atoms with van der Waals surface area (Å²) in [4.78, 5) is 0. The maximum absolute atomic E-state index is 7.97. The number of allylic oxidation sites excluding steroid dienone is 2. The molecule has 1 fully saturated rings. The van der Waals surface area contributed by atoms with Crippen molar-refractivity contribution in [2.24, 2.45) is 29.1 Å². The van der Waals surface area contributed by atoms with Crippen molar-refractivity contribution in [2.75, 3.05) is 0 Å². The largest absolute Gasteiger partial charge is 0.309 e. The third kappa shape index (κ3) is 2.17. The molecule has 0 aromatic heterocycles. The molecule has 1 heteroatoms. The molecule has 2 unspecified atom stereocenters. The van der Waals surface area contributed by atoms with E-state index >= 15 is 0 Å². The maximum Gasteiger partial charge on any atom is 0.0130 e. The Bertz CT molecular complexity index is 364. The van der Waals surface area contributed by atoms with Crippen molar-refractivity contribution in [3.63, 3.8) is 0 Å². The molecule has 0 radical (unpaired) electrons. The minimum atomic E-state index is 0.367. The van der Waals surface area contributed by atoms with Gasteiger partial charge in [0.15, 0.2) is 0 Å². The lowest BCUT2D eigenvalue weighted by Gasteiger charge is -2.52. The summed E-state index contributed by atoms with van der Waals surface area (Å²) in [6, 6.07) is 0. The summed E-state index contributed by atoms with van der Waals surface area (Å²) in [6.45, 7) is 12.0. The van der Waals surface area contributed by atoms with Gasteiger partial charge in [-0.1, -0.05) is 46.3 Å². The number of fused-ring (bicyclic) bond motifs is 1. The molecule has 2 aliphatic rings. The molecule has 0 saturated heterocycles. The van der Waals surface area contributed by atoms with Gasteiger partial charge in [0, 0.05) is 12.1 Å². The van der Waals surface area contributed by atoms with Gasteiger partial charge in [-0.15, -0.1) is 0 Å². The first kappa shape index (κ1) is 13.8. The van der Waals surface area contributed by atoms with E-state index in [1.807, 2.05) is 0 Å². The first-order valence-electron chi connectivity index (χ1n) is 7.62. The lowest BCUT2D eigenvalue weighted by molar-refractivity contribution is 0.0546. The van der Waals surface area contributed by atoms with Crippen LogP contribution in [0.1, 0.15) is 60.3 Å². The van der Waals surface area contributed by atoms with Gasteiger partial charge in [-0.3, -0.25) is 0 Å². The Balaban J connectivity index is 2.38. The third-order valence-electron chi connectivity index (χ3n) is 5.49. The molecule has 0 heterocycles. The first-order chi connectivity index (χ1) is 8.36. The van der Waals surface area contributed by atoms with Crippen LogP contribution in [0.15, 0.2) is 11.6 Å². The van der Waals surface area contributed by atoms with Crippen LogP contribution in [0.3, 0.4) is 0 Å². The van der Waals surface area contributed by atoms with E-state index in [1.54, 1.807) is 5.57 Å². The number of hydrogen-bond acceptors (Lipinski definition) is 1. The minimum absolute atomic E-state index is 0.367. The van der Waals surface area contributed by atoms with Crippen molar-refractivity contribution in [3.05, 3.63) is 11.6 Å². The SMILES string of the molecule is CC(C)C1CC=C2CC(=N)CC[C@]2(C)C1C(C)C. The molecule has 1 nitrogen and oxygen atoms in total. The molecule has 2 rings (SSSR count). The topological polar surface area (TPSA) is 23.9 Å². The van der Waals surface area contributed by atoms with Crippen molar-refractivity contribution >= 4 is 5.71 Å². The van der Waals surface area contributed by atoms with Crippen LogP contribution in [-0.2, 0) is 0 Å². The predicted molar refractivity (Wildman–Crippen MR) is 79.0 cm³/mol. The second-order valence-electron chi connectivity index (χ2n) is 7.34. The average molecular weight is 247 g/mol. The zero-order chi connectivity index (χ0) is 13.5. The van der Waals surface area contributed by atoms with Crippen LogP contribution in [-0.4, -0.2) is 5.71 Å². The van der Waals surface area contributed by atoms with Gasteiger partial charge < -0.3 is 5.41 Å². The summed E-state index contributed by atoms with van der Waals surface area (Å²) < 4.78 is 0. The van der Waals surface area contributed by atoms with Gasteiger partial charge in [0.1, 0.15) is 0 Å². The lowest BCUT2D eigenvalue weighted by Crippen LogP contribution is -2.45. The van der Waals surface area contributed by atoms with E-state index < -0.39 is 0 Å². The van der Waals surface area contributed by atoms with E-state index in [4.69, 9.17) is 5.41 Å². The highest BCUT2D eigenvalue weighted by Gasteiger charge is 2.47. The first-order valence-corrected chi connectivity index (χ1v) is 7.62. The molecule has 1 saturated carbocycles. The van der Waals surface area contributed by atoms with Gasteiger partial charge in [-0.25, -0.2) is 0 Å². The summed E-state index contributed by atoms with van der Waals surface area (Å²) in [7, 11) is 0. The second-order valence-corrected chi connectivity index (χ2v) is 7.34. The molecule has 102 valence electrons. The molecular weight excluding hydrogens is 218 g/mol. The van der Waals surface area contributed by atoms with E-state index in [9.17, 15) is 0 Å². The zero-order valence-electron chi connectivity index (χ0n) is 12.7. The molecule has 3 atom stereocenters. The average Bonchev–Trinajstić information content (AvgIpc) is 2.27. The van der Waals surface area contributed by atoms with Crippen molar-refractivity contribution in [1.29, 1.82) is 5.41 Å². The predicted octanol–water partition coefficient (Wildman–Crippen LogP) is 5.07. The molecule has 0 amide bonds. The van der Waals surface area contributed by atoms with Gasteiger partial charge in [0.05, 0.1) is 0 Å². The van der Waals surface area contributed by atoms with Gasteiger partial charge in [0.2, 0.25) is 0 Å². The monoisotopic (exact) mass is 247 g/mol. The van der Waals surface area contributed by atoms with E-state index in [1.165, 1.54) is 12.8 Å². The van der Waals surface area contributed by atoms with Crippen LogP contribution in [0, 0.1) is 34.5 Å². The molecule has 18 heavy (non-hydrogen) atoms. The molecule has 0 aliphatic heterocycles. The second kappa shape index (κ2) is 4.83. The van der Waals surface area contributed by atoms with Crippen molar-refractivity contribution in [1.82, 2.24) is 0 Å². The van der Waals surface area contributed by atoms with E-state index in [0.29, 0.717) is 5.41 Å². The standard InChI is InChI=1S/C17H29N/c1-11(2)15-7-6-13-10-14(18)8-9-17(13,5)16(15)12(3)4/h6,11-12,15-16,18H,7-10H2,1-5H3/t15?,16?,17-/m0/s1. The molecule has 0 aromatic rings. The minimum Gasteiger partial charge on any atom is -0.309 e. The van der Waals surface area contributed by atoms with Crippen molar-refractivity contribution in [3.8, 4) is 0 Å². The Hall–Kier alpha value is -0.590. The highest BCUT2D eigenvalue weighted by Crippen LogP contribution is 2.55. The summed E-state index contributed by atoms with van der Waals surface area (Å²) in [5, 5.41) is 7.97. The highest BCUT2D eigenvalue weighted by atomic mass is 14.5. The van der Waals surface area contributed by atoms with Gasteiger partial charge in [-0.05, 0) is 48.3 Å². The summed E-state index contributed by atoms with van der Waals surface area (Å²) in [5.74, 6) is 3.14. The lowest BCUT2D eigenvalue weighted by atomic mass is 9.52. The van der Waals surface area contributed by atoms with Gasteiger partial charge in [-0.2, -0.15) is 0 Å². The fraction of sp³-hybridized carbons (Fsp3) is 0.824. The van der Waals surface area contributed by atoms with Gasteiger partial charge in [0.25, 0.3) is 0 Å². The van der Waals surface area contributed by atoms with Crippen LogP contribution >= 0.6 is 0 Å². The number of nitrogens with one attached hydrogen (secondary N) is 1. The fourth-order valence-electron chi connectivity index (χ4n) is 4.59. The van der Waals surface area contributed by atoms with Crippen molar-refractivity contribution < 1.29 is 0 Å². The maximum atomic E-state index is 7.97. The molecule has 2 aliphatic carbocycles. The molecule has 0 bridgehead atoms. The smallest absolute Gasteiger partial charge is 0.0130 e. The number of rotatable bonds is 2. The van der Waals surface area contributed by atoms with Crippen LogP contribution in [0.4, 0.5) is 0 Å². The Morgan fingerprint density at radius 3 is 2.44 bits per heavy atom. The molecular formula is C17H29N. The van der Waals surface area contributed by atoms with E-state index in [-0.39, 0.29) is 0 Å². The van der Waals surface area contributed by atoms with Crippen molar-refractivity contribution in [2.45, 2.75) is 60.3 Å². The zero-order valence-corrected chi connectivity index (χ0v) is 12.7. The van der Waals surface area contributed by atoms with Crippen LogP contribution < -0.4 is 0 Å². The summed E-state index contributed by atoms with van der Waals surface area (Å²) in [6.07, 6.45) is 6.88. The Morgan fingerprint density at radius 2 is 1.89 bits per heavy atom. The van der Waals surface area contributed by atoms with E-state index in [2.05, 4.69) is 40.7 Å². The van der Waals surface area contributed by atoms with E-state index in [0.717, 1.165) is 42.2 Å². The number of hydrogen-bond donors (Lipinski definition) is 1. The van der Waals surface area contributed by atoms with Crippen LogP contribution in [0.25, 0.3) is 0 Å².